The van der Waals surface area contributed by atoms with E-state index in [1.807, 2.05) is 42.1 Å². The van der Waals surface area contributed by atoms with E-state index >= 15 is 0 Å². The summed E-state index contributed by atoms with van der Waals surface area (Å²) in [6.45, 7) is 2.48. The van der Waals surface area contributed by atoms with Gasteiger partial charge >= 0.3 is 0 Å². The number of carbonyl (C=O) groups excluding carboxylic acids is 1. The zero-order chi connectivity index (χ0) is 16.8. The Labute approximate surface area is 165 Å². The lowest BCUT2D eigenvalue weighted by molar-refractivity contribution is -0.117. The lowest BCUT2D eigenvalue weighted by atomic mass is 10.2. The molecule has 1 unspecified atom stereocenters. The summed E-state index contributed by atoms with van der Waals surface area (Å²) in [6.07, 6.45) is 4.02. The zero-order valence-corrected chi connectivity index (χ0v) is 16.1. The number of hydrogen-bond acceptors (Lipinski definition) is 5. The van der Waals surface area contributed by atoms with E-state index in [4.69, 9.17) is 9.47 Å². The number of benzene rings is 1. The summed E-state index contributed by atoms with van der Waals surface area (Å²) in [5.41, 5.74) is 0.751. The van der Waals surface area contributed by atoms with E-state index < -0.39 is 0 Å². The molecule has 7 nitrogen and oxygen atoms in total. The fourth-order valence-electron chi connectivity index (χ4n) is 2.50. The van der Waals surface area contributed by atoms with E-state index in [0.717, 1.165) is 23.8 Å². The maximum absolute atomic E-state index is 12.0. The minimum Gasteiger partial charge on any atom is -0.486 e. The molecule has 1 saturated heterocycles. The molecule has 2 aromatic rings. The summed E-state index contributed by atoms with van der Waals surface area (Å²) in [7, 11) is 1.93. The molecule has 9 heteroatoms. The number of nitrogens with zero attached hydrogens (tertiary/aromatic N) is 2. The fourth-order valence-corrected chi connectivity index (χ4v) is 2.50. The van der Waals surface area contributed by atoms with Crippen molar-refractivity contribution in [2.45, 2.75) is 19.1 Å². The first-order valence-corrected chi connectivity index (χ1v) is 8.01. The Morgan fingerprint density at radius 1 is 1.38 bits per heavy atom. The quantitative estimate of drug-likeness (QED) is 0.773. The number of rotatable bonds is 6. The molecule has 144 valence electrons. The van der Waals surface area contributed by atoms with Crippen LogP contribution in [0.1, 0.15) is 12.2 Å². The average Bonchev–Trinajstić information content (AvgIpc) is 3.00. The van der Waals surface area contributed by atoms with Crippen LogP contribution in [0.15, 0.2) is 36.7 Å². The fraction of sp³-hybridized carbons (Fsp3) is 0.412. The third kappa shape index (κ3) is 6.49. The van der Waals surface area contributed by atoms with Gasteiger partial charge in [0.05, 0.1) is 13.2 Å². The first kappa shape index (κ1) is 22.2. The summed E-state index contributed by atoms with van der Waals surface area (Å²) in [5, 5.41) is 6.15. The van der Waals surface area contributed by atoms with Gasteiger partial charge in [0.15, 0.2) is 0 Å². The summed E-state index contributed by atoms with van der Waals surface area (Å²) in [5.74, 6) is 1.56. The summed E-state index contributed by atoms with van der Waals surface area (Å²) in [6, 6.07) is 7.41. The molecule has 1 aliphatic rings. The standard InChI is InChI=1S/C17H22N4O3.2ClH/c1-21-8-6-19-16(21)12-24-15-4-2-13(3-5-15)20-17(22)10-14-11-23-9-7-18-14;;/h2-6,8,14,18H,7,9-12H2,1H3,(H,20,22);2*1H. The summed E-state index contributed by atoms with van der Waals surface area (Å²) in [4.78, 5) is 16.2. The minimum absolute atomic E-state index is 0. The molecule has 26 heavy (non-hydrogen) atoms. The van der Waals surface area contributed by atoms with Crippen molar-refractivity contribution in [3.05, 3.63) is 42.5 Å². The molecule has 0 aliphatic carbocycles. The number of aryl methyl sites for hydroxylation is 1. The number of aromatic nitrogens is 2. The van der Waals surface area contributed by atoms with Gasteiger partial charge in [-0.25, -0.2) is 4.98 Å². The van der Waals surface area contributed by atoms with Gasteiger partial charge < -0.3 is 24.7 Å². The lowest BCUT2D eigenvalue weighted by Gasteiger charge is -2.23. The minimum atomic E-state index is -0.0281. The molecule has 2 N–H and O–H groups in total. The van der Waals surface area contributed by atoms with Crippen LogP contribution in [0.25, 0.3) is 0 Å². The van der Waals surface area contributed by atoms with E-state index in [1.165, 1.54) is 0 Å². The molecule has 1 aromatic heterocycles. The van der Waals surface area contributed by atoms with Gasteiger partial charge in [-0.05, 0) is 24.3 Å². The number of halogens is 2. The number of morpholine rings is 1. The molecule has 1 atom stereocenters. The highest BCUT2D eigenvalue weighted by Gasteiger charge is 2.16. The van der Waals surface area contributed by atoms with Crippen molar-refractivity contribution >= 4 is 36.4 Å². The molecule has 0 saturated carbocycles. The van der Waals surface area contributed by atoms with Crippen LogP contribution < -0.4 is 15.4 Å². The van der Waals surface area contributed by atoms with Crippen molar-refractivity contribution < 1.29 is 14.3 Å². The van der Waals surface area contributed by atoms with Crippen molar-refractivity contribution in [3.63, 3.8) is 0 Å². The predicted molar refractivity (Wildman–Crippen MR) is 104 cm³/mol. The Hall–Kier alpha value is -1.80. The maximum Gasteiger partial charge on any atom is 0.226 e. The zero-order valence-electron chi connectivity index (χ0n) is 14.5. The van der Waals surface area contributed by atoms with Crippen molar-refractivity contribution in [2.75, 3.05) is 25.1 Å². The average molecular weight is 403 g/mol. The van der Waals surface area contributed by atoms with Gasteiger partial charge in [-0.2, -0.15) is 0 Å². The molecule has 2 heterocycles. The molecule has 3 rings (SSSR count). The van der Waals surface area contributed by atoms with Gasteiger partial charge in [0.25, 0.3) is 0 Å². The molecule has 1 fully saturated rings. The number of ether oxygens (including phenoxy) is 2. The van der Waals surface area contributed by atoms with Gasteiger partial charge in [0.2, 0.25) is 5.91 Å². The number of carbonyl (C=O) groups is 1. The SMILES string of the molecule is Cl.Cl.Cn1ccnc1COc1ccc(NC(=O)CC2COCCN2)cc1. The Kier molecular flexibility index (Phi) is 9.43. The van der Waals surface area contributed by atoms with Crippen molar-refractivity contribution in [1.82, 2.24) is 14.9 Å². The van der Waals surface area contributed by atoms with E-state index in [0.29, 0.717) is 26.2 Å². The largest absolute Gasteiger partial charge is 0.486 e. The second kappa shape index (κ2) is 11.0. The molecule has 0 bridgehead atoms. The Bertz CT molecular complexity index is 673. The van der Waals surface area contributed by atoms with Gasteiger partial charge in [0, 0.05) is 44.1 Å². The lowest BCUT2D eigenvalue weighted by Crippen LogP contribution is -2.43. The van der Waals surface area contributed by atoms with Gasteiger partial charge in [-0.3, -0.25) is 4.79 Å². The highest BCUT2D eigenvalue weighted by Crippen LogP contribution is 2.17. The monoisotopic (exact) mass is 402 g/mol. The molecular formula is C17H24Cl2N4O3. The third-order valence-electron chi connectivity index (χ3n) is 3.86. The van der Waals surface area contributed by atoms with E-state index in [2.05, 4.69) is 15.6 Å². The van der Waals surface area contributed by atoms with E-state index in [-0.39, 0.29) is 36.8 Å². The van der Waals surface area contributed by atoms with Crippen molar-refractivity contribution in [3.8, 4) is 5.75 Å². The highest BCUT2D eigenvalue weighted by atomic mass is 35.5. The predicted octanol–water partition coefficient (Wildman–Crippen LogP) is 2.16. The number of anilines is 1. The van der Waals surface area contributed by atoms with Crippen LogP contribution in [0.5, 0.6) is 5.75 Å². The molecule has 0 spiro atoms. The second-order valence-electron chi connectivity index (χ2n) is 5.75. The molecule has 1 aromatic carbocycles. The van der Waals surface area contributed by atoms with Gasteiger partial charge in [-0.15, -0.1) is 24.8 Å². The third-order valence-corrected chi connectivity index (χ3v) is 3.86. The second-order valence-corrected chi connectivity index (χ2v) is 5.75. The van der Waals surface area contributed by atoms with Crippen LogP contribution >= 0.6 is 24.8 Å². The smallest absolute Gasteiger partial charge is 0.226 e. The normalized spacial score (nSPS) is 16.1. The first-order valence-electron chi connectivity index (χ1n) is 8.01. The highest BCUT2D eigenvalue weighted by molar-refractivity contribution is 5.91. The van der Waals surface area contributed by atoms with Crippen molar-refractivity contribution in [2.24, 2.45) is 7.05 Å². The van der Waals surface area contributed by atoms with Crippen LogP contribution in [0.3, 0.4) is 0 Å². The van der Waals surface area contributed by atoms with Gasteiger partial charge in [0.1, 0.15) is 18.2 Å². The van der Waals surface area contributed by atoms with Crippen LogP contribution in [0.2, 0.25) is 0 Å². The summed E-state index contributed by atoms with van der Waals surface area (Å²) < 4.78 is 13.0. The number of nitrogens with one attached hydrogen (secondary N) is 2. The van der Waals surface area contributed by atoms with Crippen LogP contribution in [-0.2, 0) is 23.2 Å². The van der Waals surface area contributed by atoms with Gasteiger partial charge in [-0.1, -0.05) is 0 Å². The first-order chi connectivity index (χ1) is 11.7. The molecule has 0 radical (unpaired) electrons. The van der Waals surface area contributed by atoms with E-state index in [9.17, 15) is 4.79 Å². The van der Waals surface area contributed by atoms with Crippen molar-refractivity contribution in [1.29, 1.82) is 0 Å². The van der Waals surface area contributed by atoms with Crippen LogP contribution in [0.4, 0.5) is 5.69 Å². The number of hydrogen-bond donors (Lipinski definition) is 2. The molecular weight excluding hydrogens is 379 g/mol. The Morgan fingerprint density at radius 2 is 2.15 bits per heavy atom. The van der Waals surface area contributed by atoms with E-state index in [1.54, 1.807) is 6.20 Å². The Balaban J connectivity index is 0.00000169. The number of amides is 1. The molecule has 1 amide bonds. The van der Waals surface area contributed by atoms with Crippen LogP contribution in [0, 0.1) is 0 Å². The van der Waals surface area contributed by atoms with Crippen LogP contribution in [-0.4, -0.2) is 41.3 Å². The maximum atomic E-state index is 12.0. The molecule has 1 aliphatic heterocycles. The summed E-state index contributed by atoms with van der Waals surface area (Å²) >= 11 is 0. The Morgan fingerprint density at radius 3 is 2.77 bits per heavy atom. The number of imidazole rings is 1. The topological polar surface area (TPSA) is 77.4 Å².